The number of carboxylic acid groups (broad SMARTS) is 1. The molecule has 0 bridgehead atoms. The first kappa shape index (κ1) is 24.1. The lowest BCUT2D eigenvalue weighted by Crippen LogP contribution is -2.47. The van der Waals surface area contributed by atoms with Crippen molar-refractivity contribution < 1.29 is 28.6 Å². The molecule has 0 spiro atoms. The number of fused-ring (bicyclic) bond motifs is 3. The average Bonchev–Trinajstić information content (AvgIpc) is 3.45. The molecule has 0 saturated carbocycles. The predicted molar refractivity (Wildman–Crippen MR) is 129 cm³/mol. The number of nitrogens with zero attached hydrogens (tertiary/aromatic N) is 1. The van der Waals surface area contributed by atoms with Crippen LogP contribution in [-0.4, -0.2) is 47.7 Å². The van der Waals surface area contributed by atoms with Crippen molar-refractivity contribution in [1.29, 1.82) is 0 Å². The van der Waals surface area contributed by atoms with Crippen LogP contribution >= 0.6 is 0 Å². The van der Waals surface area contributed by atoms with E-state index in [1.807, 2.05) is 43.3 Å². The number of carbonyl (C=O) groups is 3. The van der Waals surface area contributed by atoms with Gasteiger partial charge in [0.1, 0.15) is 18.4 Å². The van der Waals surface area contributed by atoms with Crippen LogP contribution < -0.4 is 5.32 Å². The topological polar surface area (TPSA) is 109 Å². The lowest BCUT2D eigenvalue weighted by Gasteiger charge is -2.24. The quantitative estimate of drug-likeness (QED) is 0.466. The van der Waals surface area contributed by atoms with E-state index in [1.165, 1.54) is 17.0 Å². The Hall–Kier alpha value is -4.07. The molecule has 0 unspecified atom stereocenters. The fraction of sp³-hybridized carbons (Fsp3) is 0.296. The van der Waals surface area contributed by atoms with Gasteiger partial charge in [-0.25, -0.2) is 9.59 Å². The fourth-order valence-electron chi connectivity index (χ4n) is 4.48. The van der Waals surface area contributed by atoms with Crippen LogP contribution in [0.1, 0.15) is 53.1 Å². The summed E-state index contributed by atoms with van der Waals surface area (Å²) < 4.78 is 10.8. The summed E-state index contributed by atoms with van der Waals surface area (Å²) in [5.74, 6) is -1.41. The first-order valence-electron chi connectivity index (χ1n) is 11.6. The van der Waals surface area contributed by atoms with Crippen LogP contribution in [0.4, 0.5) is 4.79 Å². The van der Waals surface area contributed by atoms with Crippen molar-refractivity contribution in [1.82, 2.24) is 10.2 Å². The molecule has 8 heteroatoms. The standard InChI is InChI=1S/C27H28N2O6/c1-3-8-23(25(30)29(2)15-17-13-14-24(35-17)26(31)32)28-27(33)34-16-22-20-11-6-4-9-18(20)19-10-5-7-12-21(19)22/h4-7,9-14,22-23H,3,8,15-16H2,1-2H3,(H,28,33)(H,31,32)/t23-/m1/s1. The Morgan fingerprint density at radius 1 is 1.03 bits per heavy atom. The molecule has 2 aromatic carbocycles. The highest BCUT2D eigenvalue weighted by molar-refractivity contribution is 5.86. The summed E-state index contributed by atoms with van der Waals surface area (Å²) in [4.78, 5) is 38.1. The largest absolute Gasteiger partial charge is 0.475 e. The number of carboxylic acids is 1. The number of amides is 2. The normalized spacial score (nSPS) is 13.0. The van der Waals surface area contributed by atoms with E-state index in [0.29, 0.717) is 18.6 Å². The van der Waals surface area contributed by atoms with Gasteiger partial charge in [-0.3, -0.25) is 4.79 Å². The molecule has 1 heterocycles. The molecule has 1 aromatic heterocycles. The molecule has 4 rings (SSSR count). The third-order valence-electron chi connectivity index (χ3n) is 6.15. The molecule has 2 amide bonds. The van der Waals surface area contributed by atoms with Crippen molar-refractivity contribution in [2.24, 2.45) is 0 Å². The van der Waals surface area contributed by atoms with E-state index in [2.05, 4.69) is 17.4 Å². The van der Waals surface area contributed by atoms with E-state index in [0.717, 1.165) is 22.3 Å². The molecule has 0 aliphatic heterocycles. The minimum atomic E-state index is -1.17. The number of carbonyl (C=O) groups excluding carboxylic acids is 2. The van der Waals surface area contributed by atoms with Crippen LogP contribution in [0.15, 0.2) is 65.1 Å². The number of likely N-dealkylation sites (N-methyl/N-ethyl adjacent to an activating group) is 1. The maximum atomic E-state index is 13.0. The Morgan fingerprint density at radius 2 is 1.66 bits per heavy atom. The van der Waals surface area contributed by atoms with Gasteiger partial charge in [0.2, 0.25) is 11.7 Å². The van der Waals surface area contributed by atoms with Crippen molar-refractivity contribution in [3.8, 4) is 11.1 Å². The summed E-state index contributed by atoms with van der Waals surface area (Å²) in [5, 5.41) is 11.7. The second-order valence-electron chi connectivity index (χ2n) is 8.58. The van der Waals surface area contributed by atoms with Crippen molar-refractivity contribution in [2.45, 2.75) is 38.3 Å². The fourth-order valence-corrected chi connectivity index (χ4v) is 4.48. The molecule has 3 aromatic rings. The highest BCUT2D eigenvalue weighted by atomic mass is 16.5. The van der Waals surface area contributed by atoms with E-state index in [1.54, 1.807) is 7.05 Å². The average molecular weight is 477 g/mol. The van der Waals surface area contributed by atoms with Gasteiger partial charge in [0.15, 0.2) is 0 Å². The van der Waals surface area contributed by atoms with Crippen LogP contribution in [0.2, 0.25) is 0 Å². The predicted octanol–water partition coefficient (Wildman–Crippen LogP) is 4.64. The smallest absolute Gasteiger partial charge is 0.407 e. The number of rotatable bonds is 9. The molecule has 35 heavy (non-hydrogen) atoms. The number of ether oxygens (including phenoxy) is 1. The summed E-state index contributed by atoms with van der Waals surface area (Å²) in [5.41, 5.74) is 4.51. The van der Waals surface area contributed by atoms with Crippen molar-refractivity contribution in [2.75, 3.05) is 13.7 Å². The van der Waals surface area contributed by atoms with Gasteiger partial charge in [0.05, 0.1) is 6.54 Å². The van der Waals surface area contributed by atoms with E-state index in [9.17, 15) is 14.4 Å². The maximum absolute atomic E-state index is 13.0. The summed E-state index contributed by atoms with van der Waals surface area (Å²) in [7, 11) is 1.58. The van der Waals surface area contributed by atoms with Crippen LogP contribution in [-0.2, 0) is 16.1 Å². The van der Waals surface area contributed by atoms with Gasteiger partial charge in [0, 0.05) is 13.0 Å². The third kappa shape index (κ3) is 5.21. The minimum absolute atomic E-state index is 0.0708. The third-order valence-corrected chi connectivity index (χ3v) is 6.15. The second kappa shape index (κ2) is 10.5. The number of hydrogen-bond acceptors (Lipinski definition) is 5. The molecule has 1 aliphatic rings. The van der Waals surface area contributed by atoms with Gasteiger partial charge in [-0.1, -0.05) is 61.9 Å². The number of aromatic carboxylic acids is 1. The summed E-state index contributed by atoms with van der Waals surface area (Å²) in [6, 6.07) is 18.3. The molecular formula is C27H28N2O6. The molecular weight excluding hydrogens is 448 g/mol. The lowest BCUT2D eigenvalue weighted by molar-refractivity contribution is -0.133. The van der Waals surface area contributed by atoms with Crippen molar-refractivity contribution in [3.63, 3.8) is 0 Å². The molecule has 1 aliphatic carbocycles. The van der Waals surface area contributed by atoms with Gasteiger partial charge < -0.3 is 24.5 Å². The zero-order valence-electron chi connectivity index (χ0n) is 19.7. The zero-order chi connectivity index (χ0) is 24.9. The van der Waals surface area contributed by atoms with Crippen LogP contribution in [0.3, 0.4) is 0 Å². The zero-order valence-corrected chi connectivity index (χ0v) is 19.7. The molecule has 2 N–H and O–H groups in total. The second-order valence-corrected chi connectivity index (χ2v) is 8.58. The molecule has 0 saturated heterocycles. The lowest BCUT2D eigenvalue weighted by atomic mass is 9.98. The van der Waals surface area contributed by atoms with E-state index in [4.69, 9.17) is 14.3 Å². The molecule has 0 fully saturated rings. The van der Waals surface area contributed by atoms with E-state index < -0.39 is 18.1 Å². The van der Waals surface area contributed by atoms with Crippen LogP contribution in [0.5, 0.6) is 0 Å². The number of hydrogen-bond donors (Lipinski definition) is 2. The maximum Gasteiger partial charge on any atom is 0.407 e. The summed E-state index contributed by atoms with van der Waals surface area (Å²) in [6.07, 6.45) is 0.460. The Bertz CT molecular complexity index is 1190. The number of nitrogens with one attached hydrogen (secondary N) is 1. The number of furan rings is 1. The highest BCUT2D eigenvalue weighted by Gasteiger charge is 2.30. The molecule has 8 nitrogen and oxygen atoms in total. The Balaban J connectivity index is 1.38. The van der Waals surface area contributed by atoms with Gasteiger partial charge in [-0.05, 0) is 40.8 Å². The Morgan fingerprint density at radius 3 is 2.23 bits per heavy atom. The van der Waals surface area contributed by atoms with Gasteiger partial charge >= 0.3 is 12.1 Å². The first-order valence-corrected chi connectivity index (χ1v) is 11.6. The molecule has 1 atom stereocenters. The number of alkyl carbamates (subject to hydrolysis) is 1. The molecule has 0 radical (unpaired) electrons. The van der Waals surface area contributed by atoms with Crippen LogP contribution in [0.25, 0.3) is 11.1 Å². The highest BCUT2D eigenvalue weighted by Crippen LogP contribution is 2.44. The van der Waals surface area contributed by atoms with Crippen LogP contribution in [0, 0.1) is 0 Å². The monoisotopic (exact) mass is 476 g/mol. The Kier molecular flexibility index (Phi) is 7.19. The number of benzene rings is 2. The Labute approximate surface area is 203 Å². The van der Waals surface area contributed by atoms with Gasteiger partial charge in [-0.15, -0.1) is 0 Å². The SMILES string of the molecule is CCC[C@@H](NC(=O)OCC1c2ccccc2-c2ccccc21)C(=O)N(C)Cc1ccc(C(=O)O)o1. The van der Waals surface area contributed by atoms with Gasteiger partial charge in [-0.2, -0.15) is 0 Å². The van der Waals surface area contributed by atoms with Crippen molar-refractivity contribution >= 4 is 18.0 Å². The van der Waals surface area contributed by atoms with Gasteiger partial charge in [0.25, 0.3) is 0 Å². The molecule has 182 valence electrons. The summed E-state index contributed by atoms with van der Waals surface area (Å²) in [6.45, 7) is 2.16. The van der Waals surface area contributed by atoms with E-state index >= 15 is 0 Å². The minimum Gasteiger partial charge on any atom is -0.475 e. The van der Waals surface area contributed by atoms with E-state index in [-0.39, 0.29) is 30.7 Å². The first-order chi connectivity index (χ1) is 16.9. The van der Waals surface area contributed by atoms with Crippen molar-refractivity contribution in [3.05, 3.63) is 83.3 Å². The summed E-state index contributed by atoms with van der Waals surface area (Å²) >= 11 is 0.